The zero-order valence-electron chi connectivity index (χ0n) is 8.96. The molecule has 4 heteroatoms. The molecule has 3 nitrogen and oxygen atoms in total. The molecule has 0 aromatic carbocycles. The molecule has 14 heavy (non-hydrogen) atoms. The number of aromatic nitrogens is 2. The smallest absolute Gasteiger partial charge is 0.202 e. The van der Waals surface area contributed by atoms with E-state index in [1.807, 2.05) is 27.7 Å². The van der Waals surface area contributed by atoms with Crippen LogP contribution in [0.4, 0.5) is 0 Å². The van der Waals surface area contributed by atoms with E-state index < -0.39 is 0 Å². The first-order valence-electron chi connectivity index (χ1n) is 4.29. The van der Waals surface area contributed by atoms with Crippen molar-refractivity contribution in [2.75, 3.05) is 0 Å². The molecule has 0 atom stereocenters. The Labute approximate surface area is 110 Å². The zero-order chi connectivity index (χ0) is 10.0. The summed E-state index contributed by atoms with van der Waals surface area (Å²) in [6, 6.07) is 2.93. The molecule has 0 aliphatic rings. The molecule has 1 aromatic rings. The summed E-state index contributed by atoms with van der Waals surface area (Å²) in [5.41, 5.74) is 1.44. The summed E-state index contributed by atoms with van der Waals surface area (Å²) in [6.45, 7) is 7.30. The predicted molar refractivity (Wildman–Crippen MR) is 49.5 cm³/mol. The van der Waals surface area contributed by atoms with E-state index in [4.69, 9.17) is 0 Å². The van der Waals surface area contributed by atoms with Crippen LogP contribution < -0.4 is 0 Å². The minimum atomic E-state index is -0.0544. The van der Waals surface area contributed by atoms with Crippen LogP contribution in [-0.2, 0) is 32.7 Å². The second kappa shape index (κ2) is 5.67. The maximum atomic E-state index is 11.5. The number of hydrogen-bond donors (Lipinski definition) is 0. The van der Waals surface area contributed by atoms with Crippen molar-refractivity contribution in [3.63, 3.8) is 0 Å². The number of nitrogens with zero attached hydrogens (tertiary/aromatic N) is 2. The summed E-state index contributed by atoms with van der Waals surface area (Å²) in [4.78, 5) is 19.6. The number of rotatable bonds is 2. The third-order valence-corrected chi connectivity index (χ3v) is 1.65. The van der Waals surface area contributed by atoms with Crippen molar-refractivity contribution in [3.05, 3.63) is 23.3 Å². The van der Waals surface area contributed by atoms with Gasteiger partial charge in [0.1, 0.15) is 0 Å². The van der Waals surface area contributed by atoms with E-state index in [0.717, 1.165) is 11.4 Å². The molecule has 73 valence electrons. The third-order valence-electron chi connectivity index (χ3n) is 1.65. The van der Waals surface area contributed by atoms with Gasteiger partial charge >= 0.3 is 0 Å². The van der Waals surface area contributed by atoms with Gasteiger partial charge in [0.15, 0.2) is 5.82 Å². The average Bonchev–Trinajstić information content (AvgIpc) is 2.01. The predicted octanol–water partition coefficient (Wildman–Crippen LogP) is 1.73. The summed E-state index contributed by atoms with van der Waals surface area (Å²) in [7, 11) is 0. The molecule has 1 radical (unpaired) electrons. The van der Waals surface area contributed by atoms with E-state index in [1.54, 1.807) is 0 Å². The number of Topliss-reactive ketones (excluding diaryl/α,β-unsaturated/α-hetero) is 1. The van der Waals surface area contributed by atoms with Gasteiger partial charge in [0.2, 0.25) is 5.78 Å². The number of ketones is 1. The molecular formula is C10H13N2OY-. The fraction of sp³-hybridized carbons (Fsp3) is 0.500. The number of carbonyl (C=O) groups is 1. The Morgan fingerprint density at radius 2 is 1.64 bits per heavy atom. The fourth-order valence-electron chi connectivity index (χ4n) is 1.03. The zero-order valence-corrected chi connectivity index (χ0v) is 11.8. The Morgan fingerprint density at radius 3 is 2.00 bits per heavy atom. The van der Waals surface area contributed by atoms with Crippen molar-refractivity contribution >= 4 is 5.78 Å². The van der Waals surface area contributed by atoms with E-state index in [9.17, 15) is 4.79 Å². The van der Waals surface area contributed by atoms with Gasteiger partial charge in [-0.25, -0.2) is 0 Å². The van der Waals surface area contributed by atoms with Gasteiger partial charge < -0.3 is 6.07 Å². The van der Waals surface area contributed by atoms with Gasteiger partial charge in [-0.3, -0.25) is 14.8 Å². The summed E-state index contributed by atoms with van der Waals surface area (Å²) in [5.74, 6) is 0.241. The second-order valence-electron chi connectivity index (χ2n) is 3.36. The van der Waals surface area contributed by atoms with Crippen LogP contribution in [0.5, 0.6) is 0 Å². The van der Waals surface area contributed by atoms with Gasteiger partial charge in [-0.05, 0) is 0 Å². The first kappa shape index (κ1) is 13.9. The monoisotopic (exact) mass is 266 g/mol. The van der Waals surface area contributed by atoms with Gasteiger partial charge in [0.05, 0.1) is 0 Å². The number of hydrogen-bond acceptors (Lipinski definition) is 3. The Morgan fingerprint density at radius 1 is 1.21 bits per heavy atom. The minimum Gasteiger partial charge on any atom is -0.427 e. The SMILES string of the molecule is Cc1[c-]c(C)nc(C(=O)C(C)C)n1.[Y]. The molecule has 0 fully saturated rings. The van der Waals surface area contributed by atoms with Crippen LogP contribution in [0, 0.1) is 25.8 Å². The van der Waals surface area contributed by atoms with Gasteiger partial charge in [-0.2, -0.15) is 0 Å². The molecule has 0 N–H and O–H groups in total. The summed E-state index contributed by atoms with van der Waals surface area (Å²) in [6.07, 6.45) is 0. The second-order valence-corrected chi connectivity index (χ2v) is 3.36. The van der Waals surface area contributed by atoms with E-state index in [0.29, 0.717) is 5.82 Å². The molecule has 1 aromatic heterocycles. The van der Waals surface area contributed by atoms with Crippen molar-refractivity contribution in [2.45, 2.75) is 27.7 Å². The van der Waals surface area contributed by atoms with E-state index in [2.05, 4.69) is 16.0 Å². The Bertz CT molecular complexity index is 317. The van der Waals surface area contributed by atoms with Gasteiger partial charge in [0, 0.05) is 38.6 Å². The molecule has 0 aliphatic heterocycles. The van der Waals surface area contributed by atoms with Crippen molar-refractivity contribution in [1.29, 1.82) is 0 Å². The summed E-state index contributed by atoms with van der Waals surface area (Å²) in [5, 5.41) is 0. The molecule has 0 saturated heterocycles. The number of aryl methyl sites for hydroxylation is 2. The van der Waals surface area contributed by atoms with Crippen LogP contribution in [0.1, 0.15) is 35.9 Å². The van der Waals surface area contributed by atoms with E-state index >= 15 is 0 Å². The van der Waals surface area contributed by atoms with Crippen molar-refractivity contribution < 1.29 is 37.5 Å². The minimum absolute atomic E-state index is 0. The number of carbonyl (C=O) groups excluding carboxylic acids is 1. The van der Waals surface area contributed by atoms with Crippen molar-refractivity contribution in [1.82, 2.24) is 9.97 Å². The molecule has 0 aliphatic carbocycles. The largest absolute Gasteiger partial charge is 0.427 e. The molecule has 0 saturated carbocycles. The van der Waals surface area contributed by atoms with Crippen LogP contribution in [0.3, 0.4) is 0 Å². The first-order chi connectivity index (χ1) is 6.00. The quantitative estimate of drug-likeness (QED) is 0.604. The topological polar surface area (TPSA) is 42.9 Å². The Hall–Kier alpha value is -0.146. The maximum Gasteiger partial charge on any atom is 0.202 e. The summed E-state index contributed by atoms with van der Waals surface area (Å²) >= 11 is 0. The van der Waals surface area contributed by atoms with Gasteiger partial charge in [-0.15, -0.1) is 11.4 Å². The molecular weight excluding hydrogens is 253 g/mol. The van der Waals surface area contributed by atoms with Crippen LogP contribution >= 0.6 is 0 Å². The standard InChI is InChI=1S/C10H13N2O.Y/c1-6(2)9(13)10-11-7(3)5-8(4)12-10;/h6H,1-4H3;/q-1;. The van der Waals surface area contributed by atoms with E-state index in [-0.39, 0.29) is 44.4 Å². The molecule has 0 amide bonds. The Balaban J connectivity index is 0.00000169. The summed E-state index contributed by atoms with van der Waals surface area (Å²) < 4.78 is 0. The maximum absolute atomic E-state index is 11.5. The molecule has 0 bridgehead atoms. The van der Waals surface area contributed by atoms with Crippen LogP contribution in [0.25, 0.3) is 0 Å². The van der Waals surface area contributed by atoms with Crippen LogP contribution in [0.15, 0.2) is 0 Å². The molecule has 0 spiro atoms. The third kappa shape index (κ3) is 3.54. The van der Waals surface area contributed by atoms with Crippen molar-refractivity contribution in [3.8, 4) is 0 Å². The molecule has 0 unspecified atom stereocenters. The first-order valence-corrected chi connectivity index (χ1v) is 4.29. The average molecular weight is 266 g/mol. The van der Waals surface area contributed by atoms with Crippen molar-refractivity contribution in [2.24, 2.45) is 5.92 Å². The fourth-order valence-corrected chi connectivity index (χ4v) is 1.03. The van der Waals surface area contributed by atoms with Gasteiger partial charge in [-0.1, -0.05) is 27.7 Å². The molecule has 1 rings (SSSR count). The molecule has 1 heterocycles. The Kier molecular flexibility index (Phi) is 5.61. The van der Waals surface area contributed by atoms with Crippen LogP contribution in [-0.4, -0.2) is 15.8 Å². The van der Waals surface area contributed by atoms with Crippen LogP contribution in [0.2, 0.25) is 0 Å². The van der Waals surface area contributed by atoms with E-state index in [1.165, 1.54) is 0 Å². The normalized spacial score (nSPS) is 9.79. The van der Waals surface area contributed by atoms with Gasteiger partial charge in [0.25, 0.3) is 0 Å².